The Hall–Kier alpha value is -0.640. The fraction of sp³-hybridized carbons (Fsp3) is 0.900. The van der Waals surface area contributed by atoms with E-state index >= 15 is 0 Å². The summed E-state index contributed by atoms with van der Waals surface area (Å²) >= 11 is 0. The zero-order chi connectivity index (χ0) is 10.8. The smallest absolute Gasteiger partial charge is 0.257 e. The fourth-order valence-electron chi connectivity index (χ4n) is 1.66. The summed E-state index contributed by atoms with van der Waals surface area (Å²) in [6, 6.07) is 0.376. The molecule has 14 heavy (non-hydrogen) atoms. The molecule has 1 unspecified atom stereocenters. The van der Waals surface area contributed by atoms with Gasteiger partial charge in [0.1, 0.15) is 0 Å². The first-order valence-electron chi connectivity index (χ1n) is 5.08. The quantitative estimate of drug-likeness (QED) is 0.739. The molecule has 4 heteroatoms. The van der Waals surface area contributed by atoms with E-state index < -0.39 is 11.6 Å². The van der Waals surface area contributed by atoms with Gasteiger partial charge in [0.2, 0.25) is 0 Å². The molecule has 0 saturated carbocycles. The number of hydrogen-bond donors (Lipinski definition) is 1. The first-order chi connectivity index (χ1) is 6.41. The van der Waals surface area contributed by atoms with E-state index in [2.05, 4.69) is 10.2 Å². The van der Waals surface area contributed by atoms with Crippen LogP contribution in [-0.4, -0.2) is 42.7 Å². The molecule has 0 aromatic carbocycles. The van der Waals surface area contributed by atoms with Crippen molar-refractivity contribution in [3.8, 4) is 0 Å². The third-order valence-electron chi connectivity index (χ3n) is 2.71. The van der Waals surface area contributed by atoms with Gasteiger partial charge in [0.25, 0.3) is 5.91 Å². The number of alkyl halides is 1. The van der Waals surface area contributed by atoms with Crippen LogP contribution in [0.3, 0.4) is 0 Å². The number of likely N-dealkylation sites (tertiary alicyclic amines) is 1. The lowest BCUT2D eigenvalue weighted by Gasteiger charge is -2.21. The molecule has 1 amide bonds. The Balaban J connectivity index is 2.30. The van der Waals surface area contributed by atoms with Gasteiger partial charge >= 0.3 is 0 Å². The van der Waals surface area contributed by atoms with Crippen molar-refractivity contribution in [2.45, 2.75) is 38.4 Å². The number of amides is 1. The van der Waals surface area contributed by atoms with Crippen LogP contribution in [0.1, 0.15) is 26.7 Å². The summed E-state index contributed by atoms with van der Waals surface area (Å²) in [5.41, 5.74) is -1.77. The first kappa shape index (κ1) is 11.4. The minimum Gasteiger partial charge on any atom is -0.352 e. The van der Waals surface area contributed by atoms with Gasteiger partial charge in [0.05, 0.1) is 0 Å². The summed E-state index contributed by atoms with van der Waals surface area (Å²) in [7, 11) is 2.03. The third-order valence-corrected chi connectivity index (χ3v) is 2.71. The molecule has 1 rings (SSSR count). The van der Waals surface area contributed by atoms with Gasteiger partial charge in [-0.05, 0) is 40.3 Å². The molecule has 0 spiro atoms. The molecule has 0 aliphatic carbocycles. The summed E-state index contributed by atoms with van der Waals surface area (Å²) in [6.45, 7) is 4.18. The van der Waals surface area contributed by atoms with Crippen LogP contribution in [0.25, 0.3) is 0 Å². The molecule has 3 nitrogen and oxygen atoms in total. The highest BCUT2D eigenvalue weighted by Crippen LogP contribution is 2.14. The topological polar surface area (TPSA) is 32.3 Å². The van der Waals surface area contributed by atoms with Crippen LogP contribution < -0.4 is 5.32 Å². The lowest BCUT2D eigenvalue weighted by Crippen LogP contribution is -2.44. The van der Waals surface area contributed by atoms with Crippen molar-refractivity contribution in [3.05, 3.63) is 0 Å². The molecule has 1 heterocycles. The van der Waals surface area contributed by atoms with Crippen LogP contribution in [0.15, 0.2) is 0 Å². The molecule has 1 atom stereocenters. The molecular formula is C10H19FN2O. The molecule has 0 aromatic heterocycles. The van der Waals surface area contributed by atoms with E-state index in [-0.39, 0.29) is 0 Å². The van der Waals surface area contributed by atoms with Crippen molar-refractivity contribution in [2.75, 3.05) is 20.1 Å². The normalized spacial score (nSPS) is 23.9. The molecule has 0 aromatic rings. The van der Waals surface area contributed by atoms with Crippen LogP contribution in [0.5, 0.6) is 0 Å². The predicted molar refractivity (Wildman–Crippen MR) is 53.8 cm³/mol. The average molecular weight is 202 g/mol. The average Bonchev–Trinajstić information content (AvgIpc) is 2.45. The van der Waals surface area contributed by atoms with E-state index in [1.165, 1.54) is 13.8 Å². The number of likely N-dealkylation sites (N-methyl/N-ethyl adjacent to an activating group) is 1. The number of rotatable bonds is 3. The van der Waals surface area contributed by atoms with E-state index in [0.717, 1.165) is 19.4 Å². The minimum atomic E-state index is -1.77. The number of nitrogens with zero attached hydrogens (tertiary/aromatic N) is 1. The molecule has 82 valence electrons. The highest BCUT2D eigenvalue weighted by atomic mass is 19.1. The van der Waals surface area contributed by atoms with Gasteiger partial charge in [-0.2, -0.15) is 0 Å². The molecule has 0 bridgehead atoms. The monoisotopic (exact) mass is 202 g/mol. The Morgan fingerprint density at radius 3 is 2.71 bits per heavy atom. The van der Waals surface area contributed by atoms with Crippen LogP contribution >= 0.6 is 0 Å². The fourth-order valence-corrected chi connectivity index (χ4v) is 1.66. The lowest BCUT2D eigenvalue weighted by molar-refractivity contribution is -0.130. The molecule has 1 N–H and O–H groups in total. The molecule has 1 fully saturated rings. The summed E-state index contributed by atoms with van der Waals surface area (Å²) < 4.78 is 13.1. The van der Waals surface area contributed by atoms with E-state index in [1.807, 2.05) is 7.05 Å². The van der Waals surface area contributed by atoms with Crippen LogP contribution in [0.4, 0.5) is 4.39 Å². The SMILES string of the molecule is CN1CCCC1CNC(=O)C(C)(C)F. The number of halogens is 1. The summed E-state index contributed by atoms with van der Waals surface area (Å²) in [4.78, 5) is 13.4. The van der Waals surface area contributed by atoms with Crippen molar-refractivity contribution in [3.63, 3.8) is 0 Å². The highest BCUT2D eigenvalue weighted by molar-refractivity contribution is 5.84. The number of carbonyl (C=O) groups excluding carboxylic acids is 1. The number of nitrogens with one attached hydrogen (secondary N) is 1. The van der Waals surface area contributed by atoms with Crippen molar-refractivity contribution >= 4 is 5.91 Å². The van der Waals surface area contributed by atoms with E-state index in [4.69, 9.17) is 0 Å². The molecule has 1 aliphatic rings. The Bertz CT molecular complexity index is 213. The zero-order valence-electron chi connectivity index (χ0n) is 9.14. The van der Waals surface area contributed by atoms with Gasteiger partial charge in [0.15, 0.2) is 5.67 Å². The van der Waals surface area contributed by atoms with Crippen LogP contribution in [0.2, 0.25) is 0 Å². The van der Waals surface area contributed by atoms with Gasteiger partial charge < -0.3 is 10.2 Å². The second kappa shape index (κ2) is 4.26. The maximum absolute atomic E-state index is 13.1. The van der Waals surface area contributed by atoms with Crippen molar-refractivity contribution in [1.29, 1.82) is 0 Å². The minimum absolute atomic E-state index is 0.376. The Labute approximate surface area is 84.7 Å². The first-order valence-corrected chi connectivity index (χ1v) is 5.08. The Morgan fingerprint density at radius 2 is 2.29 bits per heavy atom. The second-order valence-electron chi connectivity index (χ2n) is 4.46. The Kier molecular flexibility index (Phi) is 3.48. The van der Waals surface area contributed by atoms with Crippen molar-refractivity contribution < 1.29 is 9.18 Å². The van der Waals surface area contributed by atoms with Gasteiger partial charge in [0, 0.05) is 12.6 Å². The number of carbonyl (C=O) groups is 1. The molecule has 1 saturated heterocycles. The van der Waals surface area contributed by atoms with E-state index in [1.54, 1.807) is 0 Å². The van der Waals surface area contributed by atoms with E-state index in [0.29, 0.717) is 12.6 Å². The van der Waals surface area contributed by atoms with E-state index in [9.17, 15) is 9.18 Å². The van der Waals surface area contributed by atoms with Crippen LogP contribution in [0, 0.1) is 0 Å². The van der Waals surface area contributed by atoms with Gasteiger partial charge in [-0.1, -0.05) is 0 Å². The Morgan fingerprint density at radius 1 is 1.64 bits per heavy atom. The number of hydrogen-bond acceptors (Lipinski definition) is 2. The summed E-state index contributed by atoms with van der Waals surface area (Å²) in [5, 5.41) is 2.64. The zero-order valence-corrected chi connectivity index (χ0v) is 9.14. The maximum Gasteiger partial charge on any atom is 0.257 e. The standard InChI is InChI=1S/C10H19FN2O/c1-10(2,11)9(14)12-7-8-5-4-6-13(8)3/h8H,4-7H2,1-3H3,(H,12,14). The predicted octanol–water partition coefficient (Wildman–Crippen LogP) is 0.945. The summed E-state index contributed by atoms with van der Waals surface area (Å²) in [5.74, 6) is -0.516. The molecular weight excluding hydrogens is 183 g/mol. The maximum atomic E-state index is 13.1. The molecule has 1 aliphatic heterocycles. The largest absolute Gasteiger partial charge is 0.352 e. The van der Waals surface area contributed by atoms with Gasteiger partial charge in [-0.15, -0.1) is 0 Å². The highest BCUT2D eigenvalue weighted by Gasteiger charge is 2.28. The van der Waals surface area contributed by atoms with Gasteiger partial charge in [-0.3, -0.25) is 4.79 Å². The lowest BCUT2D eigenvalue weighted by atomic mass is 10.1. The third kappa shape index (κ3) is 2.94. The van der Waals surface area contributed by atoms with Gasteiger partial charge in [-0.25, -0.2) is 4.39 Å². The molecule has 0 radical (unpaired) electrons. The second-order valence-corrected chi connectivity index (χ2v) is 4.46. The van der Waals surface area contributed by atoms with Crippen LogP contribution in [-0.2, 0) is 4.79 Å². The summed E-state index contributed by atoms with van der Waals surface area (Å²) in [6.07, 6.45) is 2.25. The van der Waals surface area contributed by atoms with Crippen molar-refractivity contribution in [1.82, 2.24) is 10.2 Å². The van der Waals surface area contributed by atoms with Crippen molar-refractivity contribution in [2.24, 2.45) is 0 Å².